The largest absolute Gasteiger partial charge is 0 e. The van der Waals surface area contributed by atoms with Crippen LogP contribution in [0, 0.1) is 59.9 Å². The van der Waals surface area contributed by atoms with Crippen molar-refractivity contribution in [1.29, 1.82) is 0 Å². The molecular weight excluding hydrogens is 578 g/mol. The van der Waals surface area contributed by atoms with Gasteiger partial charge in [-0.25, -0.2) is 0 Å². The zero-order chi connectivity index (χ0) is 18.0. The number of rotatable bonds is 0. The van der Waals surface area contributed by atoms with Crippen molar-refractivity contribution in [3.63, 3.8) is 0 Å². The van der Waals surface area contributed by atoms with Gasteiger partial charge >= 0.3 is 102 Å². The van der Waals surface area contributed by atoms with Crippen LogP contribution in [0.2, 0.25) is 0 Å². The third-order valence-corrected chi connectivity index (χ3v) is 0. The Kier molecular flexibility index (Phi) is 887000. The quantitative estimate of drug-likeness (QED) is 0.193. The molecular formula is C9Fe3O9Se2. The summed E-state index contributed by atoms with van der Waals surface area (Å²) in [6.45, 7) is 40.5. The van der Waals surface area contributed by atoms with Gasteiger partial charge in [-0.1, -0.05) is 0 Å². The van der Waals surface area contributed by atoms with Crippen LogP contribution < -0.4 is 0 Å². The van der Waals surface area contributed by atoms with E-state index in [9.17, 15) is 0 Å². The number of hydrogen-bond donors (Lipinski definition) is 0. The molecule has 0 aromatic rings. The summed E-state index contributed by atoms with van der Waals surface area (Å²) in [5, 5.41) is 0. The fourth-order valence-corrected chi connectivity index (χ4v) is 0. The van der Waals surface area contributed by atoms with Crippen LogP contribution in [0.15, 0.2) is 0 Å². The molecule has 126 valence electrons. The molecule has 0 aliphatic rings. The summed E-state index contributed by atoms with van der Waals surface area (Å²) in [5.74, 6) is 0. The second-order valence-corrected chi connectivity index (χ2v) is 0. The van der Waals surface area contributed by atoms with Gasteiger partial charge in [0.2, 0.25) is 0 Å². The normalized spacial score (nSPS) is 0.783. The van der Waals surface area contributed by atoms with Crippen LogP contribution in [0.25, 0.3) is 0 Å². The first kappa shape index (κ1) is 134. The molecule has 0 unspecified atom stereocenters. The van der Waals surface area contributed by atoms with E-state index in [2.05, 4.69) is 59.9 Å². The Morgan fingerprint density at radius 3 is 0.217 bits per heavy atom. The second kappa shape index (κ2) is 152000. The minimum Gasteiger partial charge on any atom is 0 e. The molecule has 0 aromatic carbocycles. The zero-order valence-corrected chi connectivity index (χ0v) is 16.8. The van der Waals surface area contributed by atoms with Gasteiger partial charge in [-0.2, -0.15) is 0 Å². The molecule has 0 heterocycles. The average molecular weight is 578 g/mol. The van der Waals surface area contributed by atoms with E-state index in [1.165, 1.54) is 0 Å². The summed E-state index contributed by atoms with van der Waals surface area (Å²) in [5.41, 5.74) is 0. The molecule has 0 aliphatic heterocycles. The van der Waals surface area contributed by atoms with Crippen molar-refractivity contribution in [2.24, 2.45) is 0 Å². The molecule has 4 radical (unpaired) electrons. The topological polar surface area (TPSA) is 179 Å². The van der Waals surface area contributed by atoms with E-state index in [-0.39, 0.29) is 85.3 Å². The summed E-state index contributed by atoms with van der Waals surface area (Å²) >= 11 is 0. The molecule has 0 aliphatic carbocycles. The van der Waals surface area contributed by atoms with Gasteiger partial charge < -0.3 is 0 Å². The molecule has 0 saturated heterocycles. The molecule has 9 nitrogen and oxygen atoms in total. The van der Waals surface area contributed by atoms with Crippen molar-refractivity contribution in [3.05, 3.63) is 59.9 Å². The minimum atomic E-state index is 0. The van der Waals surface area contributed by atoms with E-state index >= 15 is 0 Å². The second-order valence-electron chi connectivity index (χ2n) is 0. The molecule has 0 spiro atoms. The first-order chi connectivity index (χ1) is 9.00. The maximum Gasteiger partial charge on any atom is 0 e. The summed E-state index contributed by atoms with van der Waals surface area (Å²) in [6.07, 6.45) is 0. The van der Waals surface area contributed by atoms with Crippen LogP contribution in [0.1, 0.15) is 0 Å². The first-order valence-corrected chi connectivity index (χ1v) is 1.84. The van der Waals surface area contributed by atoms with Gasteiger partial charge in [-0.3, -0.25) is 0 Å². The molecule has 0 fully saturated rings. The number of hydrogen-bond acceptors (Lipinski definition) is 0. The smallest absolute Gasteiger partial charge is 0 e. The summed E-state index contributed by atoms with van der Waals surface area (Å²) in [4.78, 5) is 0. The van der Waals surface area contributed by atoms with Crippen LogP contribution in [-0.4, -0.2) is 34.1 Å². The standard InChI is InChI=1S/9CO.3Fe.2Se/c9*1-2;;;;;. The van der Waals surface area contributed by atoms with Crippen molar-refractivity contribution < 1.29 is 93.1 Å². The van der Waals surface area contributed by atoms with Crippen LogP contribution in [0.5, 0.6) is 0 Å². The molecule has 0 atom stereocenters. The van der Waals surface area contributed by atoms with Crippen LogP contribution in [-0.2, 0) is 93.1 Å². The van der Waals surface area contributed by atoms with Crippen LogP contribution >= 0.6 is 0 Å². The van der Waals surface area contributed by atoms with Crippen molar-refractivity contribution in [2.45, 2.75) is 0 Å². The van der Waals surface area contributed by atoms with Crippen LogP contribution in [0.3, 0.4) is 0 Å². The van der Waals surface area contributed by atoms with E-state index in [1.807, 2.05) is 0 Å². The van der Waals surface area contributed by atoms with Crippen LogP contribution in [0.4, 0.5) is 0 Å². The van der Waals surface area contributed by atoms with Crippen molar-refractivity contribution in [3.8, 4) is 0 Å². The Hall–Kier alpha value is 0.257. The van der Waals surface area contributed by atoms with Crippen molar-refractivity contribution in [1.82, 2.24) is 0 Å². The maximum atomic E-state index is 7.50. The fraction of sp³-hybridized carbons (Fsp3) is 0. The first-order valence-electron chi connectivity index (χ1n) is 1.84. The zero-order valence-electron chi connectivity index (χ0n) is 10.1. The third-order valence-electron chi connectivity index (χ3n) is 0. The SMILES string of the molecule is [C-]#[O+].[C-]#[O+].[C-]#[O+].[C-]#[O+].[C-]#[O+].[C-]#[O+].[C-]#[O+].[C-]#[O+].[C-]#[O+].[Fe].[Fe].[Fe].[Se].[Se]. The summed E-state index contributed by atoms with van der Waals surface area (Å²) < 4.78 is 67.5. The van der Waals surface area contributed by atoms with Gasteiger partial charge in [0.15, 0.2) is 0 Å². The van der Waals surface area contributed by atoms with Gasteiger partial charge in [-0.05, 0) is 0 Å². The van der Waals surface area contributed by atoms with E-state index < -0.39 is 0 Å². The van der Waals surface area contributed by atoms with Crippen molar-refractivity contribution >= 4 is 34.1 Å². The molecule has 14 heteroatoms. The van der Waals surface area contributed by atoms with Gasteiger partial charge in [0.25, 0.3) is 0 Å². The maximum absolute atomic E-state index is 7.50. The predicted molar refractivity (Wildman–Crippen MR) is 46.9 cm³/mol. The van der Waals surface area contributed by atoms with Gasteiger partial charge in [0.1, 0.15) is 0 Å². The molecule has 23 heavy (non-hydrogen) atoms. The summed E-state index contributed by atoms with van der Waals surface area (Å²) in [6, 6.07) is 0. The molecule has 0 amide bonds. The van der Waals surface area contributed by atoms with Gasteiger partial charge in [-0.15, -0.1) is 0 Å². The fourth-order valence-electron chi connectivity index (χ4n) is 0. The van der Waals surface area contributed by atoms with E-state index in [0.717, 1.165) is 0 Å². The average Bonchev–Trinajstić information content (AvgIpc) is 2.63. The predicted octanol–water partition coefficient (Wildman–Crippen LogP) is -1.11. The Morgan fingerprint density at radius 2 is 0.217 bits per heavy atom. The Bertz CT molecular complexity index is 169. The Balaban J connectivity index is -0.00000000321. The minimum absolute atomic E-state index is 0. The summed E-state index contributed by atoms with van der Waals surface area (Å²) in [7, 11) is 0. The monoisotopic (exact) mass is 580 g/mol. The van der Waals surface area contributed by atoms with E-state index in [0.29, 0.717) is 0 Å². The molecule has 0 N–H and O–H groups in total. The molecule has 0 saturated carbocycles. The Labute approximate surface area is 186 Å². The van der Waals surface area contributed by atoms with Gasteiger partial charge in [0, 0.05) is 85.3 Å². The molecule has 0 aromatic heterocycles. The van der Waals surface area contributed by atoms with E-state index in [4.69, 9.17) is 41.9 Å². The molecule has 0 rings (SSSR count). The van der Waals surface area contributed by atoms with Gasteiger partial charge in [0.05, 0.1) is 0 Å². The Morgan fingerprint density at radius 1 is 0.217 bits per heavy atom. The molecule has 0 bridgehead atoms. The van der Waals surface area contributed by atoms with E-state index in [1.54, 1.807) is 0 Å². The van der Waals surface area contributed by atoms with Crippen molar-refractivity contribution in [2.75, 3.05) is 0 Å². The third kappa shape index (κ3) is 138000.